The maximum absolute atomic E-state index is 11.9. The van der Waals surface area contributed by atoms with E-state index in [0.29, 0.717) is 26.9 Å². The van der Waals surface area contributed by atoms with Crippen molar-refractivity contribution < 1.29 is 14.3 Å². The Morgan fingerprint density at radius 3 is 2.74 bits per heavy atom. The molecule has 0 fully saturated rings. The molecule has 0 unspecified atom stereocenters. The number of pyridine rings is 1. The molecule has 1 aromatic heterocycles. The second-order valence-electron chi connectivity index (χ2n) is 5.59. The highest BCUT2D eigenvalue weighted by Gasteiger charge is 2.13. The number of nitrogens with zero attached hydrogens (tertiary/aromatic N) is 1. The molecule has 1 heterocycles. The predicted octanol–water partition coefficient (Wildman–Crippen LogP) is 2.79. The summed E-state index contributed by atoms with van der Waals surface area (Å²) in [6.45, 7) is 2.99. The number of amides is 1. The maximum atomic E-state index is 11.9. The molecular weight excluding hydrogens is 390 g/mol. The summed E-state index contributed by atoms with van der Waals surface area (Å²) < 4.78 is 4.92. The SMILES string of the molecule is Cc1ccc(Cl)cc1NC(=O)COC(=O)CSc1[nH]c(=O)cc(C)c1C#N. The van der Waals surface area contributed by atoms with Gasteiger partial charge in [0.25, 0.3) is 5.91 Å². The number of ether oxygens (including phenoxy) is 1. The van der Waals surface area contributed by atoms with Crippen molar-refractivity contribution in [1.29, 1.82) is 5.26 Å². The fourth-order valence-corrected chi connectivity index (χ4v) is 3.18. The van der Waals surface area contributed by atoms with Crippen molar-refractivity contribution in [3.05, 3.63) is 56.3 Å². The van der Waals surface area contributed by atoms with E-state index in [1.807, 2.05) is 13.0 Å². The number of carbonyl (C=O) groups excluding carboxylic acids is 2. The summed E-state index contributed by atoms with van der Waals surface area (Å²) in [5.41, 5.74) is 1.81. The highest BCUT2D eigenvalue weighted by molar-refractivity contribution is 7.99. The Morgan fingerprint density at radius 1 is 1.30 bits per heavy atom. The highest BCUT2D eigenvalue weighted by Crippen LogP contribution is 2.21. The van der Waals surface area contributed by atoms with Crippen LogP contribution in [-0.4, -0.2) is 29.2 Å². The molecule has 2 aromatic rings. The molecule has 2 rings (SSSR count). The summed E-state index contributed by atoms with van der Waals surface area (Å²) in [6.07, 6.45) is 0. The highest BCUT2D eigenvalue weighted by atomic mass is 35.5. The predicted molar refractivity (Wildman–Crippen MR) is 103 cm³/mol. The van der Waals surface area contributed by atoms with E-state index in [-0.39, 0.29) is 11.3 Å². The molecule has 9 heteroatoms. The first kappa shape index (κ1) is 20.6. The quantitative estimate of drug-likeness (QED) is 0.564. The standard InChI is InChI=1S/C18H16ClN3O4S/c1-10-3-4-12(19)6-14(10)21-16(24)8-26-17(25)9-27-18-13(7-20)11(2)5-15(23)22-18/h3-6H,8-9H2,1-2H3,(H,21,24)(H,22,23). The van der Waals surface area contributed by atoms with Gasteiger partial charge < -0.3 is 15.0 Å². The van der Waals surface area contributed by atoms with Gasteiger partial charge in [0.05, 0.1) is 16.3 Å². The van der Waals surface area contributed by atoms with E-state index in [9.17, 15) is 14.4 Å². The van der Waals surface area contributed by atoms with E-state index in [1.165, 1.54) is 6.07 Å². The van der Waals surface area contributed by atoms with E-state index < -0.39 is 18.5 Å². The van der Waals surface area contributed by atoms with Crippen LogP contribution in [0.4, 0.5) is 5.69 Å². The molecular formula is C18H16ClN3O4S. The van der Waals surface area contributed by atoms with Crippen molar-refractivity contribution >= 4 is 40.9 Å². The van der Waals surface area contributed by atoms with Crippen LogP contribution in [0.15, 0.2) is 34.1 Å². The Morgan fingerprint density at radius 2 is 2.04 bits per heavy atom. The van der Waals surface area contributed by atoms with Gasteiger partial charge in [-0.25, -0.2) is 0 Å². The molecule has 0 aliphatic heterocycles. The molecule has 0 aliphatic carbocycles. The number of aromatic nitrogens is 1. The number of halogens is 1. The lowest BCUT2D eigenvalue weighted by Gasteiger charge is -2.09. The Kier molecular flexibility index (Phi) is 7.05. The average Bonchev–Trinajstić information content (AvgIpc) is 2.61. The van der Waals surface area contributed by atoms with Gasteiger partial charge in [0.1, 0.15) is 6.07 Å². The molecule has 0 saturated carbocycles. The molecule has 0 radical (unpaired) electrons. The molecule has 140 valence electrons. The lowest BCUT2D eigenvalue weighted by Crippen LogP contribution is -2.22. The van der Waals surface area contributed by atoms with Crippen LogP contribution in [0.1, 0.15) is 16.7 Å². The minimum atomic E-state index is -0.649. The minimum absolute atomic E-state index is 0.155. The molecule has 0 bridgehead atoms. The van der Waals surface area contributed by atoms with Crippen molar-refractivity contribution in [3.8, 4) is 6.07 Å². The van der Waals surface area contributed by atoms with E-state index in [4.69, 9.17) is 21.6 Å². The van der Waals surface area contributed by atoms with Gasteiger partial charge >= 0.3 is 5.97 Å². The third-order valence-electron chi connectivity index (χ3n) is 3.49. The number of nitrogens with one attached hydrogen (secondary N) is 2. The maximum Gasteiger partial charge on any atom is 0.316 e. The lowest BCUT2D eigenvalue weighted by molar-refractivity contribution is -0.144. The molecule has 2 N–H and O–H groups in total. The molecule has 0 aliphatic rings. The zero-order valence-corrected chi connectivity index (χ0v) is 16.2. The number of hydrogen-bond donors (Lipinski definition) is 2. The van der Waals surface area contributed by atoms with Crippen LogP contribution in [0.5, 0.6) is 0 Å². The number of anilines is 1. The van der Waals surface area contributed by atoms with Gasteiger partial charge in [-0.05, 0) is 37.1 Å². The summed E-state index contributed by atoms with van der Waals surface area (Å²) in [5, 5.41) is 12.5. The van der Waals surface area contributed by atoms with E-state index >= 15 is 0 Å². The van der Waals surface area contributed by atoms with Gasteiger partial charge in [0.15, 0.2) is 6.61 Å². The number of benzene rings is 1. The lowest BCUT2D eigenvalue weighted by atomic mass is 10.2. The zero-order chi connectivity index (χ0) is 20.0. The van der Waals surface area contributed by atoms with Crippen molar-refractivity contribution in [3.63, 3.8) is 0 Å². The molecule has 0 saturated heterocycles. The summed E-state index contributed by atoms with van der Waals surface area (Å²) >= 11 is 6.85. The van der Waals surface area contributed by atoms with E-state index in [2.05, 4.69) is 10.3 Å². The monoisotopic (exact) mass is 405 g/mol. The smallest absolute Gasteiger partial charge is 0.316 e. The number of rotatable bonds is 6. The van der Waals surface area contributed by atoms with Gasteiger partial charge in [-0.15, -0.1) is 0 Å². The number of aromatic amines is 1. The van der Waals surface area contributed by atoms with Crippen molar-refractivity contribution in [2.24, 2.45) is 0 Å². The minimum Gasteiger partial charge on any atom is -0.455 e. The largest absolute Gasteiger partial charge is 0.455 e. The van der Waals surface area contributed by atoms with Gasteiger partial charge in [0, 0.05) is 16.8 Å². The first-order chi connectivity index (χ1) is 12.8. The van der Waals surface area contributed by atoms with Gasteiger partial charge in [-0.2, -0.15) is 5.26 Å². The summed E-state index contributed by atoms with van der Waals surface area (Å²) in [5.74, 6) is -1.30. The number of carbonyl (C=O) groups is 2. The van der Waals surface area contributed by atoms with Gasteiger partial charge in [-0.3, -0.25) is 14.4 Å². The molecule has 1 amide bonds. The number of H-pyrrole nitrogens is 1. The van der Waals surface area contributed by atoms with Crippen LogP contribution in [0, 0.1) is 25.2 Å². The fraction of sp³-hybridized carbons (Fsp3) is 0.222. The number of esters is 1. The number of thioether (sulfide) groups is 1. The molecule has 0 spiro atoms. The fourth-order valence-electron chi connectivity index (χ4n) is 2.14. The Balaban J connectivity index is 1.88. The van der Waals surface area contributed by atoms with Crippen LogP contribution in [0.25, 0.3) is 0 Å². The Hall–Kier alpha value is -2.76. The van der Waals surface area contributed by atoms with Crippen LogP contribution in [0.3, 0.4) is 0 Å². The first-order valence-corrected chi connectivity index (χ1v) is 9.15. The van der Waals surface area contributed by atoms with E-state index in [0.717, 1.165) is 17.3 Å². The van der Waals surface area contributed by atoms with Crippen molar-refractivity contribution in [2.75, 3.05) is 17.7 Å². The van der Waals surface area contributed by atoms with Crippen LogP contribution in [-0.2, 0) is 14.3 Å². The van der Waals surface area contributed by atoms with Crippen LogP contribution < -0.4 is 10.9 Å². The first-order valence-electron chi connectivity index (χ1n) is 7.78. The number of hydrogen-bond acceptors (Lipinski definition) is 6. The average molecular weight is 406 g/mol. The van der Waals surface area contributed by atoms with Crippen molar-refractivity contribution in [1.82, 2.24) is 4.98 Å². The van der Waals surface area contributed by atoms with Gasteiger partial charge in [0.2, 0.25) is 5.56 Å². The molecule has 7 nitrogen and oxygen atoms in total. The summed E-state index contributed by atoms with van der Waals surface area (Å²) in [4.78, 5) is 37.8. The number of nitriles is 1. The van der Waals surface area contributed by atoms with E-state index in [1.54, 1.807) is 25.1 Å². The third kappa shape index (κ3) is 5.88. The third-order valence-corrected chi connectivity index (χ3v) is 4.70. The normalized spacial score (nSPS) is 10.1. The second kappa shape index (κ2) is 9.26. The van der Waals surface area contributed by atoms with Crippen molar-refractivity contribution in [2.45, 2.75) is 18.9 Å². The zero-order valence-electron chi connectivity index (χ0n) is 14.6. The Bertz CT molecular complexity index is 982. The molecule has 0 atom stereocenters. The number of aryl methyl sites for hydroxylation is 2. The topological polar surface area (TPSA) is 112 Å². The van der Waals surface area contributed by atoms with Crippen LogP contribution in [0.2, 0.25) is 5.02 Å². The molecule has 27 heavy (non-hydrogen) atoms. The summed E-state index contributed by atoms with van der Waals surface area (Å²) in [6, 6.07) is 8.36. The Labute approximate surface area is 164 Å². The summed E-state index contributed by atoms with van der Waals surface area (Å²) in [7, 11) is 0. The second-order valence-corrected chi connectivity index (χ2v) is 7.01. The van der Waals surface area contributed by atoms with Crippen LogP contribution >= 0.6 is 23.4 Å². The molecule has 1 aromatic carbocycles. The van der Waals surface area contributed by atoms with Gasteiger partial charge in [-0.1, -0.05) is 29.4 Å².